The van der Waals surface area contributed by atoms with Crippen molar-refractivity contribution < 1.29 is 5.11 Å². The quantitative estimate of drug-likeness (QED) is 0.916. The van der Waals surface area contributed by atoms with E-state index >= 15 is 0 Å². The lowest BCUT2D eigenvalue weighted by atomic mass is 10.2. The molecule has 0 bridgehead atoms. The number of anilines is 1. The van der Waals surface area contributed by atoms with Gasteiger partial charge in [0.1, 0.15) is 5.75 Å². The molecule has 1 fully saturated rings. The van der Waals surface area contributed by atoms with Gasteiger partial charge in [-0.3, -0.25) is 4.90 Å². The van der Waals surface area contributed by atoms with E-state index in [1.165, 1.54) is 5.56 Å². The van der Waals surface area contributed by atoms with Gasteiger partial charge in [-0.15, -0.1) is 0 Å². The average molecular weight is 337 g/mol. The minimum absolute atomic E-state index is 0.348. The molecule has 2 aromatic rings. The van der Waals surface area contributed by atoms with E-state index < -0.39 is 0 Å². The van der Waals surface area contributed by atoms with Crippen molar-refractivity contribution in [2.75, 3.05) is 31.1 Å². The summed E-state index contributed by atoms with van der Waals surface area (Å²) in [5, 5.41) is 11.1. The van der Waals surface area contributed by atoms with Crippen molar-refractivity contribution >= 4 is 28.9 Å². The highest BCUT2D eigenvalue weighted by Gasteiger charge is 2.19. The minimum Gasteiger partial charge on any atom is -0.506 e. The van der Waals surface area contributed by atoms with Gasteiger partial charge >= 0.3 is 0 Å². The van der Waals surface area contributed by atoms with E-state index in [9.17, 15) is 5.11 Å². The van der Waals surface area contributed by atoms with Crippen LogP contribution in [0.5, 0.6) is 5.75 Å². The lowest BCUT2D eigenvalue weighted by Gasteiger charge is -2.36. The predicted molar refractivity (Wildman–Crippen MR) is 92.1 cm³/mol. The van der Waals surface area contributed by atoms with E-state index in [1.807, 2.05) is 36.4 Å². The Labute approximate surface area is 140 Å². The highest BCUT2D eigenvalue weighted by molar-refractivity contribution is 6.42. The Bertz CT molecular complexity index is 655. The number of rotatable bonds is 3. The summed E-state index contributed by atoms with van der Waals surface area (Å²) in [6.45, 7) is 4.58. The molecule has 3 nitrogen and oxygen atoms in total. The Kier molecular flexibility index (Phi) is 4.77. The fourth-order valence-corrected chi connectivity index (χ4v) is 3.10. The fourth-order valence-electron chi connectivity index (χ4n) is 2.77. The summed E-state index contributed by atoms with van der Waals surface area (Å²) >= 11 is 12.0. The number of halogens is 2. The van der Waals surface area contributed by atoms with E-state index in [0.717, 1.165) is 38.4 Å². The molecule has 0 unspecified atom stereocenters. The number of nitrogens with zero attached hydrogens (tertiary/aromatic N) is 2. The summed E-state index contributed by atoms with van der Waals surface area (Å²) < 4.78 is 0. The Morgan fingerprint density at radius 2 is 1.64 bits per heavy atom. The molecule has 0 aromatic heterocycles. The third kappa shape index (κ3) is 3.49. The van der Waals surface area contributed by atoms with E-state index in [2.05, 4.69) is 9.80 Å². The third-order valence-electron chi connectivity index (χ3n) is 3.98. The van der Waals surface area contributed by atoms with Crippen LogP contribution < -0.4 is 4.90 Å². The van der Waals surface area contributed by atoms with E-state index in [4.69, 9.17) is 23.2 Å². The van der Waals surface area contributed by atoms with Crippen molar-refractivity contribution in [1.29, 1.82) is 0 Å². The Morgan fingerprint density at radius 3 is 2.32 bits per heavy atom. The van der Waals surface area contributed by atoms with Crippen LogP contribution in [0.1, 0.15) is 5.56 Å². The van der Waals surface area contributed by atoms with Gasteiger partial charge in [0.15, 0.2) is 0 Å². The molecule has 1 heterocycles. The lowest BCUT2D eigenvalue weighted by molar-refractivity contribution is 0.249. The molecule has 0 atom stereocenters. The largest absolute Gasteiger partial charge is 0.506 e. The zero-order valence-corrected chi connectivity index (χ0v) is 13.7. The van der Waals surface area contributed by atoms with Crippen LogP contribution >= 0.6 is 23.2 Å². The number of piperazine rings is 1. The van der Waals surface area contributed by atoms with Crippen LogP contribution in [-0.4, -0.2) is 36.2 Å². The SMILES string of the molecule is Oc1ccccc1N1CCN(Cc2ccc(Cl)c(Cl)c2)CC1. The first-order valence-corrected chi connectivity index (χ1v) is 8.08. The van der Waals surface area contributed by atoms with Crippen LogP contribution in [-0.2, 0) is 6.54 Å². The van der Waals surface area contributed by atoms with Crippen LogP contribution in [0, 0.1) is 0 Å². The number of para-hydroxylation sites is 2. The smallest absolute Gasteiger partial charge is 0.138 e. The van der Waals surface area contributed by atoms with E-state index in [1.54, 1.807) is 6.07 Å². The Hall–Kier alpha value is -1.42. The first-order valence-electron chi connectivity index (χ1n) is 7.33. The van der Waals surface area contributed by atoms with Gasteiger partial charge < -0.3 is 10.0 Å². The monoisotopic (exact) mass is 336 g/mol. The maximum Gasteiger partial charge on any atom is 0.138 e. The Balaban J connectivity index is 1.60. The van der Waals surface area contributed by atoms with Crippen LogP contribution in [0.3, 0.4) is 0 Å². The summed E-state index contributed by atoms with van der Waals surface area (Å²) in [4.78, 5) is 4.61. The molecule has 0 radical (unpaired) electrons. The van der Waals surface area contributed by atoms with Crippen molar-refractivity contribution in [3.05, 3.63) is 58.1 Å². The molecule has 0 aliphatic carbocycles. The molecular formula is C17H18Cl2N2O. The highest BCUT2D eigenvalue weighted by atomic mass is 35.5. The van der Waals surface area contributed by atoms with Crippen molar-refractivity contribution in [1.82, 2.24) is 4.90 Å². The second-order valence-corrected chi connectivity index (χ2v) is 6.31. The van der Waals surface area contributed by atoms with Crippen LogP contribution in [0.15, 0.2) is 42.5 Å². The molecule has 0 amide bonds. The van der Waals surface area contributed by atoms with Gasteiger partial charge in [-0.2, -0.15) is 0 Å². The number of benzene rings is 2. The van der Waals surface area contributed by atoms with Gasteiger partial charge in [-0.1, -0.05) is 41.4 Å². The molecule has 2 aromatic carbocycles. The van der Waals surface area contributed by atoms with Crippen LogP contribution in [0.2, 0.25) is 10.0 Å². The van der Waals surface area contributed by atoms with E-state index in [0.29, 0.717) is 15.8 Å². The zero-order valence-electron chi connectivity index (χ0n) is 12.2. The summed E-state index contributed by atoms with van der Waals surface area (Å²) in [7, 11) is 0. The van der Waals surface area contributed by atoms with E-state index in [-0.39, 0.29) is 0 Å². The maximum absolute atomic E-state index is 9.94. The molecule has 1 aliphatic rings. The summed E-state index contributed by atoms with van der Waals surface area (Å²) in [6.07, 6.45) is 0. The highest BCUT2D eigenvalue weighted by Crippen LogP contribution is 2.28. The summed E-state index contributed by atoms with van der Waals surface area (Å²) in [6, 6.07) is 13.3. The minimum atomic E-state index is 0.348. The molecule has 116 valence electrons. The topological polar surface area (TPSA) is 26.7 Å². The van der Waals surface area contributed by atoms with Gasteiger partial charge in [0.05, 0.1) is 15.7 Å². The van der Waals surface area contributed by atoms with Crippen LogP contribution in [0.25, 0.3) is 0 Å². The first kappa shape index (κ1) is 15.5. The molecule has 1 saturated heterocycles. The molecule has 22 heavy (non-hydrogen) atoms. The predicted octanol–water partition coefficient (Wildman–Crippen LogP) is 4.02. The number of phenolic OH excluding ortho intramolecular Hbond substituents is 1. The van der Waals surface area contributed by atoms with Gasteiger partial charge in [0, 0.05) is 32.7 Å². The molecule has 3 rings (SSSR count). The molecular weight excluding hydrogens is 319 g/mol. The average Bonchev–Trinajstić information content (AvgIpc) is 2.52. The molecule has 1 aliphatic heterocycles. The molecule has 0 saturated carbocycles. The number of hydrogen-bond acceptors (Lipinski definition) is 3. The molecule has 1 N–H and O–H groups in total. The molecule has 5 heteroatoms. The third-order valence-corrected chi connectivity index (χ3v) is 4.72. The summed E-state index contributed by atoms with van der Waals surface area (Å²) in [5.74, 6) is 0.348. The van der Waals surface area contributed by atoms with Gasteiger partial charge in [-0.25, -0.2) is 0 Å². The van der Waals surface area contributed by atoms with Gasteiger partial charge in [0.2, 0.25) is 0 Å². The second-order valence-electron chi connectivity index (χ2n) is 5.50. The molecule has 0 spiro atoms. The number of aromatic hydroxyl groups is 1. The van der Waals surface area contributed by atoms with Gasteiger partial charge in [-0.05, 0) is 29.8 Å². The van der Waals surface area contributed by atoms with Crippen molar-refractivity contribution in [2.24, 2.45) is 0 Å². The first-order chi connectivity index (χ1) is 10.6. The van der Waals surface area contributed by atoms with Gasteiger partial charge in [0.25, 0.3) is 0 Å². The fraction of sp³-hybridized carbons (Fsp3) is 0.294. The van der Waals surface area contributed by atoms with Crippen molar-refractivity contribution in [2.45, 2.75) is 6.54 Å². The Morgan fingerprint density at radius 1 is 0.909 bits per heavy atom. The van der Waals surface area contributed by atoms with Crippen LogP contribution in [0.4, 0.5) is 5.69 Å². The normalized spacial score (nSPS) is 16.0. The van der Waals surface area contributed by atoms with Crippen molar-refractivity contribution in [3.8, 4) is 5.75 Å². The number of hydrogen-bond donors (Lipinski definition) is 1. The second kappa shape index (κ2) is 6.78. The maximum atomic E-state index is 9.94. The van der Waals surface area contributed by atoms with Crippen molar-refractivity contribution in [3.63, 3.8) is 0 Å². The number of phenols is 1. The zero-order chi connectivity index (χ0) is 15.5. The standard InChI is InChI=1S/C17H18Cl2N2O/c18-14-6-5-13(11-15(14)19)12-20-7-9-21(10-8-20)16-3-1-2-4-17(16)22/h1-6,11,22H,7-10,12H2. The lowest BCUT2D eigenvalue weighted by Crippen LogP contribution is -2.45. The summed E-state index contributed by atoms with van der Waals surface area (Å²) in [5.41, 5.74) is 2.09.